The highest BCUT2D eigenvalue weighted by Crippen LogP contribution is 2.19. The van der Waals surface area contributed by atoms with Gasteiger partial charge < -0.3 is 15.1 Å². The molecule has 0 spiro atoms. The van der Waals surface area contributed by atoms with Crippen molar-refractivity contribution in [3.63, 3.8) is 0 Å². The third-order valence-corrected chi connectivity index (χ3v) is 2.32. The molecule has 1 aromatic rings. The lowest BCUT2D eigenvalue weighted by Crippen LogP contribution is -2.31. The summed E-state index contributed by atoms with van der Waals surface area (Å²) < 4.78 is 5.80. The quantitative estimate of drug-likeness (QED) is 0.819. The van der Waals surface area contributed by atoms with Gasteiger partial charge in [0.2, 0.25) is 0 Å². The van der Waals surface area contributed by atoms with E-state index in [4.69, 9.17) is 4.42 Å². The molecule has 6 heteroatoms. The van der Waals surface area contributed by atoms with Gasteiger partial charge in [-0.2, -0.15) is 0 Å². The number of amides is 1. The summed E-state index contributed by atoms with van der Waals surface area (Å²) in [7, 11) is 0. The van der Waals surface area contributed by atoms with Crippen LogP contribution in [0.5, 0.6) is 0 Å². The zero-order valence-corrected chi connectivity index (χ0v) is 11.7. The molecule has 1 amide bonds. The van der Waals surface area contributed by atoms with E-state index in [0.717, 1.165) is 18.7 Å². The first kappa shape index (κ1) is 15.5. The van der Waals surface area contributed by atoms with Crippen LogP contribution in [0.4, 0.5) is 0 Å². The van der Waals surface area contributed by atoms with E-state index in [1.165, 1.54) is 0 Å². The molecule has 16 heavy (non-hydrogen) atoms. The van der Waals surface area contributed by atoms with Crippen molar-refractivity contribution < 1.29 is 9.21 Å². The van der Waals surface area contributed by atoms with Crippen LogP contribution in [-0.4, -0.2) is 25.5 Å². The molecular formula is C10H16BrClN2O2. The van der Waals surface area contributed by atoms with Gasteiger partial charge >= 0.3 is 0 Å². The first-order valence-electron chi connectivity index (χ1n) is 4.90. The molecule has 0 saturated carbocycles. The monoisotopic (exact) mass is 310 g/mol. The van der Waals surface area contributed by atoms with Gasteiger partial charge in [-0.25, -0.2) is 0 Å². The number of likely N-dealkylation sites (N-methyl/N-ethyl adjacent to an activating group) is 1. The van der Waals surface area contributed by atoms with E-state index >= 15 is 0 Å². The van der Waals surface area contributed by atoms with Crippen molar-refractivity contribution in [1.82, 2.24) is 10.6 Å². The van der Waals surface area contributed by atoms with Crippen LogP contribution in [0.3, 0.4) is 0 Å². The molecule has 0 fully saturated rings. The summed E-state index contributed by atoms with van der Waals surface area (Å²) in [5.41, 5.74) is 0.836. The minimum atomic E-state index is -0.170. The molecule has 4 nitrogen and oxygen atoms in total. The fraction of sp³-hybridized carbons (Fsp3) is 0.500. The second-order valence-electron chi connectivity index (χ2n) is 3.17. The molecule has 0 bridgehead atoms. The smallest absolute Gasteiger partial charge is 0.287 e. The highest BCUT2D eigenvalue weighted by atomic mass is 79.9. The summed E-state index contributed by atoms with van der Waals surface area (Å²) >= 11 is 3.19. The lowest BCUT2D eigenvalue weighted by atomic mass is 10.3. The maximum Gasteiger partial charge on any atom is 0.287 e. The van der Waals surface area contributed by atoms with Crippen molar-refractivity contribution in [2.45, 2.75) is 13.8 Å². The number of aryl methyl sites for hydroxylation is 1. The van der Waals surface area contributed by atoms with E-state index in [-0.39, 0.29) is 18.3 Å². The number of furan rings is 1. The predicted molar refractivity (Wildman–Crippen MR) is 69.3 cm³/mol. The Morgan fingerprint density at radius 2 is 2.19 bits per heavy atom. The standard InChI is InChI=1S/C10H15BrN2O2.ClH/c1-3-12-4-5-13-10(14)9-7(2)6-8(11)15-9;/h6,12H,3-5H2,1-2H3,(H,13,14);1H. The van der Waals surface area contributed by atoms with Gasteiger partial charge in [0.15, 0.2) is 10.4 Å². The molecule has 1 rings (SSSR count). The van der Waals surface area contributed by atoms with Crippen LogP contribution in [0, 0.1) is 6.92 Å². The number of carbonyl (C=O) groups is 1. The number of hydrogen-bond acceptors (Lipinski definition) is 3. The van der Waals surface area contributed by atoms with Gasteiger partial charge in [-0.1, -0.05) is 6.92 Å². The molecule has 0 aromatic carbocycles. The van der Waals surface area contributed by atoms with Crippen molar-refractivity contribution in [3.05, 3.63) is 22.1 Å². The first-order chi connectivity index (χ1) is 7.15. The fourth-order valence-corrected chi connectivity index (χ4v) is 1.70. The molecule has 0 saturated heterocycles. The van der Waals surface area contributed by atoms with E-state index in [0.29, 0.717) is 17.0 Å². The molecule has 0 aliphatic carbocycles. The summed E-state index contributed by atoms with van der Waals surface area (Å²) in [5.74, 6) is 0.203. The van der Waals surface area contributed by atoms with E-state index < -0.39 is 0 Å². The molecule has 1 aromatic heterocycles. The molecule has 0 aliphatic rings. The molecule has 0 atom stereocenters. The lowest BCUT2D eigenvalue weighted by molar-refractivity contribution is 0.0924. The van der Waals surface area contributed by atoms with Gasteiger partial charge in [0.25, 0.3) is 5.91 Å². The van der Waals surface area contributed by atoms with Crippen molar-refractivity contribution in [2.24, 2.45) is 0 Å². The minimum Gasteiger partial charge on any atom is -0.444 e. The van der Waals surface area contributed by atoms with Crippen LogP contribution >= 0.6 is 28.3 Å². The number of halogens is 2. The van der Waals surface area contributed by atoms with Crippen LogP contribution in [-0.2, 0) is 0 Å². The number of carbonyl (C=O) groups excluding carboxylic acids is 1. The largest absolute Gasteiger partial charge is 0.444 e. The summed E-state index contributed by atoms with van der Waals surface area (Å²) in [6.45, 7) is 6.14. The fourth-order valence-electron chi connectivity index (χ4n) is 1.19. The highest BCUT2D eigenvalue weighted by molar-refractivity contribution is 9.10. The van der Waals surface area contributed by atoms with Gasteiger partial charge in [0, 0.05) is 18.7 Å². The highest BCUT2D eigenvalue weighted by Gasteiger charge is 2.13. The molecule has 1 heterocycles. The van der Waals surface area contributed by atoms with Crippen LogP contribution in [0.25, 0.3) is 0 Å². The van der Waals surface area contributed by atoms with Gasteiger partial charge in [0.1, 0.15) is 0 Å². The summed E-state index contributed by atoms with van der Waals surface area (Å²) in [6.07, 6.45) is 0. The summed E-state index contributed by atoms with van der Waals surface area (Å²) in [6, 6.07) is 1.78. The van der Waals surface area contributed by atoms with Crippen LogP contribution in [0.2, 0.25) is 0 Å². The maximum atomic E-state index is 11.6. The Kier molecular flexibility index (Phi) is 7.45. The predicted octanol–water partition coefficient (Wildman–Crippen LogP) is 2.11. The second-order valence-corrected chi connectivity index (χ2v) is 3.95. The maximum absolute atomic E-state index is 11.6. The molecule has 0 unspecified atom stereocenters. The Hall–Kier alpha value is -0.520. The molecule has 0 aliphatic heterocycles. The van der Waals surface area contributed by atoms with E-state index in [1.807, 2.05) is 13.8 Å². The Bertz CT molecular complexity index is 342. The Balaban J connectivity index is 0.00000225. The zero-order chi connectivity index (χ0) is 11.3. The topological polar surface area (TPSA) is 54.3 Å². The lowest BCUT2D eigenvalue weighted by Gasteiger charge is -2.03. The minimum absolute atomic E-state index is 0. The van der Waals surface area contributed by atoms with Gasteiger partial charge in [-0.3, -0.25) is 4.79 Å². The normalized spacial score (nSPS) is 9.69. The van der Waals surface area contributed by atoms with Crippen LogP contribution in [0.15, 0.2) is 15.2 Å². The number of nitrogens with one attached hydrogen (secondary N) is 2. The van der Waals surface area contributed by atoms with Gasteiger partial charge in [0.05, 0.1) is 0 Å². The van der Waals surface area contributed by atoms with Crippen molar-refractivity contribution in [2.75, 3.05) is 19.6 Å². The Labute approximate surface area is 110 Å². The van der Waals surface area contributed by atoms with E-state index in [2.05, 4.69) is 26.6 Å². The van der Waals surface area contributed by atoms with E-state index in [9.17, 15) is 4.79 Å². The molecule has 0 radical (unpaired) electrons. The van der Waals surface area contributed by atoms with Crippen LogP contribution in [0.1, 0.15) is 23.0 Å². The van der Waals surface area contributed by atoms with E-state index in [1.54, 1.807) is 6.07 Å². The van der Waals surface area contributed by atoms with Gasteiger partial charge in [-0.05, 0) is 35.5 Å². The number of hydrogen-bond donors (Lipinski definition) is 2. The average molecular weight is 312 g/mol. The summed E-state index contributed by atoms with van der Waals surface area (Å²) in [4.78, 5) is 11.6. The first-order valence-corrected chi connectivity index (χ1v) is 5.69. The molecular weight excluding hydrogens is 295 g/mol. The second kappa shape index (κ2) is 7.70. The third kappa shape index (κ3) is 4.55. The van der Waals surface area contributed by atoms with Crippen molar-refractivity contribution in [1.29, 1.82) is 0 Å². The Morgan fingerprint density at radius 3 is 2.69 bits per heavy atom. The molecule has 92 valence electrons. The Morgan fingerprint density at radius 1 is 1.50 bits per heavy atom. The van der Waals surface area contributed by atoms with Crippen LogP contribution < -0.4 is 10.6 Å². The number of rotatable bonds is 5. The van der Waals surface area contributed by atoms with Gasteiger partial charge in [-0.15, -0.1) is 12.4 Å². The molecule has 2 N–H and O–H groups in total. The van der Waals surface area contributed by atoms with Crippen molar-refractivity contribution in [3.8, 4) is 0 Å². The SMILES string of the molecule is CCNCCNC(=O)c1oc(Br)cc1C.Cl. The third-order valence-electron chi connectivity index (χ3n) is 1.93. The average Bonchev–Trinajstić information content (AvgIpc) is 2.52. The zero-order valence-electron chi connectivity index (χ0n) is 9.30. The van der Waals surface area contributed by atoms with Crippen molar-refractivity contribution >= 4 is 34.2 Å². The summed E-state index contributed by atoms with van der Waals surface area (Å²) in [5, 5.41) is 5.89.